The number of esters is 1. The first kappa shape index (κ1) is 26.9. The fraction of sp³-hybridized carbons (Fsp3) is 0.0667. The van der Waals surface area contributed by atoms with Crippen molar-refractivity contribution in [1.82, 2.24) is 10.7 Å². The number of hydrazone groups is 1. The number of nitrogens with one attached hydrogen (secondary N) is 2. The van der Waals surface area contributed by atoms with Crippen molar-refractivity contribution in [1.29, 1.82) is 0 Å². The van der Waals surface area contributed by atoms with Crippen LogP contribution in [0.15, 0.2) is 90.0 Å². The molecule has 0 unspecified atom stereocenters. The minimum atomic E-state index is -0.594. The third kappa shape index (κ3) is 5.80. The molecule has 2 N–H and O–H groups in total. The molecule has 0 aliphatic heterocycles. The van der Waals surface area contributed by atoms with Gasteiger partial charge in [0.2, 0.25) is 0 Å². The average molecular weight is 572 g/mol. The fourth-order valence-electron chi connectivity index (χ4n) is 4.04. The van der Waals surface area contributed by atoms with Gasteiger partial charge in [0.05, 0.1) is 24.9 Å². The molecule has 40 heavy (non-hydrogen) atoms. The van der Waals surface area contributed by atoms with Crippen LogP contribution < -0.4 is 20.2 Å². The van der Waals surface area contributed by atoms with E-state index in [0.29, 0.717) is 26.8 Å². The smallest absolute Gasteiger partial charge is 0.355 e. The number of carbonyl (C=O) groups is 3. The van der Waals surface area contributed by atoms with E-state index in [4.69, 9.17) is 21.1 Å². The zero-order valence-electron chi connectivity index (χ0n) is 21.1. The number of ether oxygens (including phenoxy) is 2. The lowest BCUT2D eigenvalue weighted by Gasteiger charge is -2.09. The van der Waals surface area contributed by atoms with Crippen molar-refractivity contribution in [2.24, 2.45) is 5.10 Å². The second kappa shape index (κ2) is 12.0. The third-order valence-corrected chi connectivity index (χ3v) is 7.61. The number of hydrogen-bond donors (Lipinski definition) is 2. The molecule has 5 rings (SSSR count). The number of nitrogens with zero attached hydrogens (tertiary/aromatic N) is 1. The molecule has 0 aliphatic rings. The Morgan fingerprint density at radius 3 is 2.48 bits per heavy atom. The number of thiophene rings is 1. The van der Waals surface area contributed by atoms with Gasteiger partial charge >= 0.3 is 5.97 Å². The summed E-state index contributed by atoms with van der Waals surface area (Å²) >= 11 is 7.65. The molecule has 1 aromatic heterocycles. The van der Waals surface area contributed by atoms with Crippen LogP contribution in [0.4, 0.5) is 0 Å². The summed E-state index contributed by atoms with van der Waals surface area (Å²) in [4.78, 5) is 37.9. The Morgan fingerprint density at radius 2 is 1.68 bits per heavy atom. The summed E-state index contributed by atoms with van der Waals surface area (Å²) in [5.74, 6) is -0.949. The highest BCUT2D eigenvalue weighted by Gasteiger charge is 2.20. The van der Waals surface area contributed by atoms with Gasteiger partial charge in [0.15, 0.2) is 11.5 Å². The summed E-state index contributed by atoms with van der Waals surface area (Å²) in [6.45, 7) is -0.252. The van der Waals surface area contributed by atoms with Crippen LogP contribution >= 0.6 is 22.9 Å². The van der Waals surface area contributed by atoms with Gasteiger partial charge in [-0.3, -0.25) is 9.59 Å². The number of fused-ring (bicyclic) bond motifs is 2. The van der Waals surface area contributed by atoms with Crippen LogP contribution in [0.2, 0.25) is 5.02 Å². The van der Waals surface area contributed by atoms with E-state index in [1.165, 1.54) is 24.7 Å². The Hall–Kier alpha value is -4.73. The lowest BCUT2D eigenvalue weighted by Crippen LogP contribution is -2.35. The highest BCUT2D eigenvalue weighted by molar-refractivity contribution is 7.21. The van der Waals surface area contributed by atoms with Crippen LogP contribution in [0.25, 0.3) is 20.9 Å². The van der Waals surface area contributed by atoms with Gasteiger partial charge in [0.1, 0.15) is 4.88 Å². The van der Waals surface area contributed by atoms with E-state index in [2.05, 4.69) is 15.8 Å². The molecule has 0 bridgehead atoms. The van der Waals surface area contributed by atoms with Gasteiger partial charge in [-0.2, -0.15) is 5.10 Å². The van der Waals surface area contributed by atoms with Crippen molar-refractivity contribution in [3.8, 4) is 11.5 Å². The van der Waals surface area contributed by atoms with Gasteiger partial charge in [-0.15, -0.1) is 11.3 Å². The summed E-state index contributed by atoms with van der Waals surface area (Å²) in [5, 5.41) is 9.41. The molecule has 0 saturated heterocycles. The molecule has 5 aromatic rings. The highest BCUT2D eigenvalue weighted by Crippen LogP contribution is 2.37. The Labute approximate surface area is 238 Å². The minimum absolute atomic E-state index is 0.207. The molecule has 4 aromatic carbocycles. The van der Waals surface area contributed by atoms with Gasteiger partial charge in [-0.1, -0.05) is 66.2 Å². The molecule has 0 aliphatic carbocycles. The van der Waals surface area contributed by atoms with Crippen LogP contribution in [0, 0.1) is 0 Å². The normalized spacial score (nSPS) is 11.1. The first-order chi connectivity index (χ1) is 19.4. The van der Waals surface area contributed by atoms with Gasteiger partial charge < -0.3 is 14.8 Å². The largest absolute Gasteiger partial charge is 0.493 e. The Balaban J connectivity index is 1.18. The molecule has 200 valence electrons. The number of rotatable bonds is 8. The van der Waals surface area contributed by atoms with E-state index in [1.54, 1.807) is 30.3 Å². The summed E-state index contributed by atoms with van der Waals surface area (Å²) in [6.07, 6.45) is 1.40. The lowest BCUT2D eigenvalue weighted by atomic mass is 10.0. The molecule has 0 radical (unpaired) electrons. The topological polar surface area (TPSA) is 106 Å². The Morgan fingerprint density at radius 1 is 0.925 bits per heavy atom. The maximum atomic E-state index is 12.8. The maximum absolute atomic E-state index is 12.8. The van der Waals surface area contributed by atoms with E-state index in [1.807, 2.05) is 54.6 Å². The molecule has 0 atom stereocenters. The lowest BCUT2D eigenvalue weighted by molar-refractivity contribution is -0.120. The minimum Gasteiger partial charge on any atom is -0.493 e. The third-order valence-electron chi connectivity index (χ3n) is 5.96. The van der Waals surface area contributed by atoms with Crippen molar-refractivity contribution in [2.75, 3.05) is 13.7 Å². The van der Waals surface area contributed by atoms with Crippen LogP contribution in [0.5, 0.6) is 11.5 Å². The molecule has 8 nitrogen and oxygen atoms in total. The zero-order valence-corrected chi connectivity index (χ0v) is 22.7. The summed E-state index contributed by atoms with van der Waals surface area (Å²) < 4.78 is 11.8. The van der Waals surface area contributed by atoms with E-state index >= 15 is 0 Å². The predicted molar refractivity (Wildman–Crippen MR) is 157 cm³/mol. The zero-order chi connectivity index (χ0) is 28.1. The van der Waals surface area contributed by atoms with E-state index in [0.717, 1.165) is 20.9 Å². The molecule has 0 saturated carbocycles. The molecule has 0 spiro atoms. The molecular formula is C30H22ClN3O5S. The van der Waals surface area contributed by atoms with Crippen molar-refractivity contribution in [3.63, 3.8) is 0 Å². The van der Waals surface area contributed by atoms with E-state index in [9.17, 15) is 14.4 Å². The first-order valence-electron chi connectivity index (χ1n) is 12.1. The second-order valence-corrected chi connectivity index (χ2v) is 9.97. The number of hydrogen-bond acceptors (Lipinski definition) is 7. The van der Waals surface area contributed by atoms with E-state index in [-0.39, 0.29) is 18.2 Å². The quantitative estimate of drug-likeness (QED) is 0.106. The van der Waals surface area contributed by atoms with Crippen LogP contribution in [0.3, 0.4) is 0 Å². The van der Waals surface area contributed by atoms with Crippen LogP contribution in [0.1, 0.15) is 25.6 Å². The number of benzene rings is 4. The second-order valence-electron chi connectivity index (χ2n) is 8.54. The van der Waals surface area contributed by atoms with Gasteiger partial charge in [-0.05, 0) is 46.7 Å². The predicted octanol–water partition coefficient (Wildman–Crippen LogP) is 5.82. The first-order valence-corrected chi connectivity index (χ1v) is 13.3. The highest BCUT2D eigenvalue weighted by atomic mass is 35.5. The number of amides is 2. The summed E-state index contributed by atoms with van der Waals surface area (Å²) in [6, 6.07) is 25.2. The van der Waals surface area contributed by atoms with Crippen molar-refractivity contribution in [3.05, 3.63) is 106 Å². The SMILES string of the molecule is COc1cc(/C=N/NC(=O)CNC(=O)c2cccc3ccccc23)ccc1OC(=O)c1sc2ccccc2c1Cl. The molecular weight excluding hydrogens is 550 g/mol. The van der Waals surface area contributed by atoms with Gasteiger partial charge in [0, 0.05) is 15.6 Å². The van der Waals surface area contributed by atoms with E-state index < -0.39 is 11.9 Å². The van der Waals surface area contributed by atoms with Gasteiger partial charge in [0.25, 0.3) is 11.8 Å². The van der Waals surface area contributed by atoms with Crippen molar-refractivity contribution < 1.29 is 23.9 Å². The molecule has 0 fully saturated rings. The van der Waals surface area contributed by atoms with Gasteiger partial charge in [-0.25, -0.2) is 10.2 Å². The summed E-state index contributed by atoms with van der Waals surface area (Å²) in [7, 11) is 1.44. The van der Waals surface area contributed by atoms with Crippen LogP contribution in [-0.4, -0.2) is 37.7 Å². The standard InChI is InChI=1S/C30H22ClN3O5S/c1-38-24-15-18(13-14-23(24)39-30(37)28-27(31)22-10-4-5-12-25(22)40-28)16-33-34-26(35)17-32-29(36)21-11-6-8-19-7-2-3-9-20(19)21/h2-16H,17H2,1H3,(H,32,36)(H,34,35)/b33-16+. The van der Waals surface area contributed by atoms with Crippen LogP contribution in [-0.2, 0) is 4.79 Å². The molecule has 2 amide bonds. The molecule has 1 heterocycles. The fourth-order valence-corrected chi connectivity index (χ4v) is 5.42. The number of methoxy groups -OCH3 is 1. The number of halogens is 1. The Bertz CT molecular complexity index is 1780. The number of carbonyl (C=O) groups excluding carboxylic acids is 3. The summed E-state index contributed by atoms with van der Waals surface area (Å²) in [5.41, 5.74) is 3.44. The Kier molecular flexibility index (Phi) is 8.04. The van der Waals surface area contributed by atoms with Crippen molar-refractivity contribution in [2.45, 2.75) is 0 Å². The van der Waals surface area contributed by atoms with Crippen molar-refractivity contribution >= 4 is 67.8 Å². The monoisotopic (exact) mass is 571 g/mol. The maximum Gasteiger partial charge on any atom is 0.355 e. The average Bonchev–Trinajstić information content (AvgIpc) is 3.32. The molecule has 10 heteroatoms.